The van der Waals surface area contributed by atoms with Gasteiger partial charge in [0.25, 0.3) is 0 Å². The average molecular weight is 277 g/mol. The lowest BCUT2D eigenvalue weighted by molar-refractivity contribution is 0.219. The Kier molecular flexibility index (Phi) is 6.04. The van der Waals surface area contributed by atoms with Gasteiger partial charge in [0.2, 0.25) is 10.0 Å². The second-order valence-corrected chi connectivity index (χ2v) is 7.44. The third-order valence-corrected chi connectivity index (χ3v) is 5.42. The van der Waals surface area contributed by atoms with Gasteiger partial charge < -0.3 is 4.90 Å². The van der Waals surface area contributed by atoms with E-state index in [1.807, 2.05) is 21.1 Å². The van der Waals surface area contributed by atoms with Crippen molar-refractivity contribution in [1.29, 1.82) is 0 Å². The molecule has 1 rings (SSSR count). The van der Waals surface area contributed by atoms with Crippen LogP contribution in [-0.4, -0.2) is 81.6 Å². The maximum atomic E-state index is 12.0. The van der Waals surface area contributed by atoms with Crippen LogP contribution in [0.3, 0.4) is 0 Å². The van der Waals surface area contributed by atoms with Crippen LogP contribution in [0.5, 0.6) is 0 Å². The first-order valence-corrected chi connectivity index (χ1v) is 8.30. The highest BCUT2D eigenvalue weighted by Crippen LogP contribution is 2.18. The van der Waals surface area contributed by atoms with E-state index in [9.17, 15) is 8.42 Å². The quantitative estimate of drug-likeness (QED) is 0.671. The van der Waals surface area contributed by atoms with Crippen molar-refractivity contribution in [2.75, 3.05) is 53.1 Å². The molecule has 18 heavy (non-hydrogen) atoms. The van der Waals surface area contributed by atoms with Gasteiger partial charge in [0.05, 0.1) is 5.75 Å². The van der Waals surface area contributed by atoms with Gasteiger partial charge in [-0.05, 0) is 27.6 Å². The summed E-state index contributed by atoms with van der Waals surface area (Å²) in [6, 6.07) is 0.145. The summed E-state index contributed by atoms with van der Waals surface area (Å²) < 4.78 is 25.7. The van der Waals surface area contributed by atoms with E-state index >= 15 is 0 Å². The summed E-state index contributed by atoms with van der Waals surface area (Å²) in [7, 11) is 3.08. The molecule has 1 aliphatic heterocycles. The Bertz CT molecular complexity index is 343. The standard InChI is InChI=1S/C12H27N3O2S/c1-5-6-7-15-10-12(11-18(15,16)17)14(4)9-8-13(2)3/h12H,5-11H2,1-4H3. The third kappa shape index (κ3) is 4.50. The number of nitrogens with zero attached hydrogens (tertiary/aromatic N) is 3. The zero-order valence-corrected chi connectivity index (χ0v) is 12.9. The van der Waals surface area contributed by atoms with Crippen molar-refractivity contribution in [1.82, 2.24) is 14.1 Å². The summed E-state index contributed by atoms with van der Waals surface area (Å²) in [5, 5.41) is 0. The van der Waals surface area contributed by atoms with Crippen LogP contribution in [0.2, 0.25) is 0 Å². The molecule has 1 fully saturated rings. The topological polar surface area (TPSA) is 43.9 Å². The Balaban J connectivity index is 2.51. The van der Waals surface area contributed by atoms with E-state index in [0.717, 1.165) is 25.9 Å². The summed E-state index contributed by atoms with van der Waals surface area (Å²) in [6.07, 6.45) is 1.99. The van der Waals surface area contributed by atoms with Gasteiger partial charge in [-0.15, -0.1) is 0 Å². The zero-order chi connectivity index (χ0) is 13.8. The molecule has 0 bridgehead atoms. The van der Waals surface area contributed by atoms with Gasteiger partial charge in [0, 0.05) is 32.2 Å². The van der Waals surface area contributed by atoms with Gasteiger partial charge in [-0.2, -0.15) is 0 Å². The first-order chi connectivity index (χ1) is 8.36. The van der Waals surface area contributed by atoms with Crippen LogP contribution in [0.1, 0.15) is 19.8 Å². The molecule has 1 heterocycles. The number of unbranched alkanes of at least 4 members (excludes halogenated alkanes) is 1. The van der Waals surface area contributed by atoms with Crippen molar-refractivity contribution in [3.8, 4) is 0 Å². The molecule has 5 nitrogen and oxygen atoms in total. The summed E-state index contributed by atoms with van der Waals surface area (Å²) in [4.78, 5) is 4.29. The van der Waals surface area contributed by atoms with Crippen molar-refractivity contribution in [3.05, 3.63) is 0 Å². The van der Waals surface area contributed by atoms with Gasteiger partial charge in [0.15, 0.2) is 0 Å². The summed E-state index contributed by atoms with van der Waals surface area (Å²) in [5.74, 6) is 0.278. The fourth-order valence-electron chi connectivity index (χ4n) is 2.12. The molecule has 0 saturated carbocycles. The van der Waals surface area contributed by atoms with Gasteiger partial charge in [-0.1, -0.05) is 13.3 Å². The van der Waals surface area contributed by atoms with E-state index in [-0.39, 0.29) is 11.8 Å². The minimum Gasteiger partial charge on any atom is -0.308 e. The van der Waals surface area contributed by atoms with Crippen LogP contribution in [0.4, 0.5) is 0 Å². The molecule has 0 radical (unpaired) electrons. The maximum absolute atomic E-state index is 12.0. The van der Waals surface area contributed by atoms with E-state index in [0.29, 0.717) is 13.1 Å². The van der Waals surface area contributed by atoms with Gasteiger partial charge in [-0.25, -0.2) is 12.7 Å². The monoisotopic (exact) mass is 277 g/mol. The summed E-state index contributed by atoms with van der Waals surface area (Å²) in [5.41, 5.74) is 0. The number of sulfonamides is 1. The minimum absolute atomic E-state index is 0.145. The molecule has 1 unspecified atom stereocenters. The van der Waals surface area contributed by atoms with Crippen LogP contribution >= 0.6 is 0 Å². The molecule has 1 atom stereocenters. The molecule has 0 aromatic carbocycles. The van der Waals surface area contributed by atoms with Crippen LogP contribution in [0.15, 0.2) is 0 Å². The Morgan fingerprint density at radius 3 is 2.44 bits per heavy atom. The van der Waals surface area contributed by atoms with Gasteiger partial charge in [-0.3, -0.25) is 4.90 Å². The van der Waals surface area contributed by atoms with Gasteiger partial charge >= 0.3 is 0 Å². The highest BCUT2D eigenvalue weighted by molar-refractivity contribution is 7.89. The third-order valence-electron chi connectivity index (χ3n) is 3.50. The molecule has 1 aliphatic rings. The van der Waals surface area contributed by atoms with E-state index in [2.05, 4.69) is 16.7 Å². The Morgan fingerprint density at radius 2 is 1.89 bits per heavy atom. The highest BCUT2D eigenvalue weighted by atomic mass is 32.2. The lowest BCUT2D eigenvalue weighted by atomic mass is 10.2. The summed E-state index contributed by atoms with van der Waals surface area (Å²) >= 11 is 0. The molecular weight excluding hydrogens is 250 g/mol. The van der Waals surface area contributed by atoms with Crippen molar-refractivity contribution in [2.24, 2.45) is 0 Å². The van der Waals surface area contributed by atoms with Crippen molar-refractivity contribution in [3.63, 3.8) is 0 Å². The first kappa shape index (κ1) is 15.9. The molecule has 0 amide bonds. The maximum Gasteiger partial charge on any atom is 0.215 e. The Labute approximate surface area is 112 Å². The van der Waals surface area contributed by atoms with Crippen molar-refractivity contribution in [2.45, 2.75) is 25.8 Å². The summed E-state index contributed by atoms with van der Waals surface area (Å²) in [6.45, 7) is 5.29. The molecule has 0 aromatic rings. The SMILES string of the molecule is CCCCN1CC(N(C)CCN(C)C)CS1(=O)=O. The van der Waals surface area contributed by atoms with Gasteiger partial charge in [0.1, 0.15) is 0 Å². The first-order valence-electron chi connectivity index (χ1n) is 6.69. The predicted octanol–water partition coefficient (Wildman–Crippen LogP) is 0.294. The molecule has 0 spiro atoms. The lowest BCUT2D eigenvalue weighted by Crippen LogP contribution is -2.39. The molecule has 108 valence electrons. The van der Waals surface area contributed by atoms with Crippen LogP contribution < -0.4 is 0 Å². The number of hydrogen-bond acceptors (Lipinski definition) is 4. The molecule has 0 N–H and O–H groups in total. The second kappa shape index (κ2) is 6.84. The normalized spacial score (nSPS) is 24.2. The molecule has 6 heteroatoms. The largest absolute Gasteiger partial charge is 0.308 e. The van der Waals surface area contributed by atoms with E-state index in [1.165, 1.54) is 0 Å². The lowest BCUT2D eigenvalue weighted by Gasteiger charge is -2.24. The van der Waals surface area contributed by atoms with E-state index in [4.69, 9.17) is 0 Å². The number of rotatable bonds is 7. The van der Waals surface area contributed by atoms with Crippen LogP contribution in [0.25, 0.3) is 0 Å². The smallest absolute Gasteiger partial charge is 0.215 e. The number of likely N-dealkylation sites (N-methyl/N-ethyl adjacent to an activating group) is 2. The zero-order valence-electron chi connectivity index (χ0n) is 12.1. The molecule has 0 aliphatic carbocycles. The Morgan fingerprint density at radius 1 is 1.22 bits per heavy atom. The Hall–Kier alpha value is -0.170. The second-order valence-electron chi connectivity index (χ2n) is 5.43. The predicted molar refractivity (Wildman–Crippen MR) is 75.2 cm³/mol. The molecule has 1 saturated heterocycles. The van der Waals surface area contributed by atoms with Crippen LogP contribution in [0, 0.1) is 0 Å². The fraction of sp³-hybridized carbons (Fsp3) is 1.00. The van der Waals surface area contributed by atoms with Crippen molar-refractivity contribution < 1.29 is 8.42 Å². The van der Waals surface area contributed by atoms with E-state index in [1.54, 1.807) is 4.31 Å². The molecular formula is C12H27N3O2S. The average Bonchev–Trinajstić information content (AvgIpc) is 2.58. The van der Waals surface area contributed by atoms with Crippen molar-refractivity contribution >= 4 is 10.0 Å². The number of hydrogen-bond donors (Lipinski definition) is 0. The fourth-order valence-corrected chi connectivity index (χ4v) is 3.99. The highest BCUT2D eigenvalue weighted by Gasteiger charge is 2.37. The van der Waals surface area contributed by atoms with Crippen LogP contribution in [-0.2, 0) is 10.0 Å². The minimum atomic E-state index is -3.01. The van der Waals surface area contributed by atoms with E-state index < -0.39 is 10.0 Å². The molecule has 0 aromatic heterocycles.